The smallest absolute Gasteiger partial charge is 0.0772 e. The normalized spacial score (nSPS) is 60.1. The van der Waals surface area contributed by atoms with Crippen molar-refractivity contribution in [1.29, 1.82) is 0 Å². The number of aliphatic hydroxyl groups is 1. The van der Waals surface area contributed by atoms with Gasteiger partial charge in [-0.25, -0.2) is 0 Å². The summed E-state index contributed by atoms with van der Waals surface area (Å²) in [5.41, 5.74) is 14.7. The second-order valence-electron chi connectivity index (χ2n) is 21.6. The fourth-order valence-electron chi connectivity index (χ4n) is 19.5. The zero-order valence-electron chi connectivity index (χ0n) is 31.0. The summed E-state index contributed by atoms with van der Waals surface area (Å²) >= 11 is 0. The molecular formula is C44H71N3O2. The minimum absolute atomic E-state index is 0.0830. The molecule has 0 aromatic carbocycles. The predicted octanol–water partition coefficient (Wildman–Crippen LogP) is 7.64. The van der Waals surface area contributed by atoms with E-state index in [1.807, 2.05) is 0 Å². The molecule has 5 nitrogen and oxygen atoms in total. The highest BCUT2D eigenvalue weighted by Gasteiger charge is 2.81. The van der Waals surface area contributed by atoms with E-state index >= 15 is 0 Å². The Kier molecular flexibility index (Phi) is 7.35. The van der Waals surface area contributed by atoms with Crippen molar-refractivity contribution in [3.63, 3.8) is 0 Å². The van der Waals surface area contributed by atoms with Crippen LogP contribution in [0.2, 0.25) is 0 Å². The molecule has 6 N–H and O–H groups in total. The van der Waals surface area contributed by atoms with Crippen molar-refractivity contribution < 1.29 is 9.84 Å². The summed E-state index contributed by atoms with van der Waals surface area (Å²) in [6, 6.07) is 0. The van der Waals surface area contributed by atoms with Crippen LogP contribution >= 0.6 is 0 Å². The number of piperidine rings is 1. The number of fused-ring (bicyclic) bond motifs is 1. The van der Waals surface area contributed by atoms with E-state index in [0.717, 1.165) is 79.1 Å². The van der Waals surface area contributed by atoms with Crippen LogP contribution in [-0.2, 0) is 4.74 Å². The minimum atomic E-state index is -0.274. The second kappa shape index (κ2) is 11.2. The van der Waals surface area contributed by atoms with Gasteiger partial charge in [0.15, 0.2) is 0 Å². The van der Waals surface area contributed by atoms with Gasteiger partial charge in [0.2, 0.25) is 0 Å². The van der Waals surface area contributed by atoms with Gasteiger partial charge in [-0.2, -0.15) is 0 Å². The van der Waals surface area contributed by atoms with Gasteiger partial charge in [-0.15, -0.1) is 0 Å². The number of nitrogens with one attached hydrogen (secondary N) is 1. The number of hydrogen-bond acceptors (Lipinski definition) is 5. The lowest BCUT2D eigenvalue weighted by atomic mass is 9.29. The van der Waals surface area contributed by atoms with Crippen molar-refractivity contribution in [3.05, 3.63) is 0 Å². The lowest BCUT2D eigenvalue weighted by Crippen LogP contribution is -2.86. The summed E-state index contributed by atoms with van der Waals surface area (Å²) in [4.78, 5) is 0. The number of aliphatic hydroxyl groups excluding tert-OH is 1. The van der Waals surface area contributed by atoms with Crippen LogP contribution in [0.15, 0.2) is 0 Å². The third kappa shape index (κ3) is 4.18. The van der Waals surface area contributed by atoms with Gasteiger partial charge in [0.25, 0.3) is 0 Å². The minimum Gasteiger partial charge on any atom is -0.396 e. The van der Waals surface area contributed by atoms with E-state index in [-0.39, 0.29) is 35.4 Å². The Bertz CT molecular complexity index is 1290. The summed E-state index contributed by atoms with van der Waals surface area (Å²) < 4.78 is 8.43. The Hall–Kier alpha value is -0.200. The highest BCUT2D eigenvalue weighted by atomic mass is 16.5. The molecule has 3 saturated heterocycles. The van der Waals surface area contributed by atoms with Crippen molar-refractivity contribution in [1.82, 2.24) is 5.32 Å². The first-order valence-electron chi connectivity index (χ1n) is 22.4. The van der Waals surface area contributed by atoms with E-state index in [0.29, 0.717) is 35.0 Å². The first-order valence-corrected chi connectivity index (χ1v) is 22.4. The van der Waals surface area contributed by atoms with Crippen LogP contribution in [0, 0.1) is 94.2 Å². The van der Waals surface area contributed by atoms with E-state index in [1.54, 1.807) is 0 Å². The molecule has 5 heteroatoms. The highest BCUT2D eigenvalue weighted by molar-refractivity contribution is 5.31. The molecule has 2 spiro atoms. The number of ether oxygens (including phenoxy) is 1. The summed E-state index contributed by atoms with van der Waals surface area (Å²) in [7, 11) is 0. The number of hydrogen-bond donors (Lipinski definition) is 4. The van der Waals surface area contributed by atoms with Crippen LogP contribution in [0.4, 0.5) is 0 Å². The molecule has 12 fully saturated rings. The Labute approximate surface area is 298 Å². The van der Waals surface area contributed by atoms with Gasteiger partial charge in [-0.1, -0.05) is 44.9 Å². The van der Waals surface area contributed by atoms with Crippen molar-refractivity contribution in [3.8, 4) is 0 Å². The molecule has 18 unspecified atom stereocenters. The molecule has 12 aliphatic rings. The topological polar surface area (TPSA) is 93.5 Å². The van der Waals surface area contributed by atoms with Crippen LogP contribution in [0.5, 0.6) is 0 Å². The molecule has 18 atom stereocenters. The van der Waals surface area contributed by atoms with E-state index < -0.39 is 0 Å². The average Bonchev–Trinajstić information content (AvgIpc) is 3.56. The standard InChI is InChI=1S/C44H71N3O2/c1-41(27-9-3-2-4-10-27)40-31-16-14-28(23-48)43(40,46)24-44(49-41)33-21-42(18-5-6-19-42)20-32-35(26-13-17-34(45)47-22-26)29-11-7-8-25-12-15-30(39(31)44)38(36(25)29)37(32)33/h25-40,47-48H,2-24,45-46H2,1H3. The highest BCUT2D eigenvalue weighted by Crippen LogP contribution is 2.80. The van der Waals surface area contributed by atoms with E-state index in [2.05, 4.69) is 12.2 Å². The largest absolute Gasteiger partial charge is 0.396 e. The molecule has 3 aliphatic heterocycles. The van der Waals surface area contributed by atoms with E-state index in [1.165, 1.54) is 116 Å². The average molecular weight is 674 g/mol. The first kappa shape index (κ1) is 32.2. The monoisotopic (exact) mass is 674 g/mol. The lowest BCUT2D eigenvalue weighted by Gasteiger charge is -2.81. The Morgan fingerprint density at radius 1 is 0.714 bits per heavy atom. The van der Waals surface area contributed by atoms with E-state index in [9.17, 15) is 5.11 Å². The third-order valence-electron chi connectivity index (χ3n) is 20.4. The van der Waals surface area contributed by atoms with Crippen LogP contribution in [0.1, 0.15) is 142 Å². The Balaban J connectivity index is 1.11. The zero-order chi connectivity index (χ0) is 32.9. The fraction of sp³-hybridized carbons (Fsp3) is 1.00. The molecule has 9 saturated carbocycles. The summed E-state index contributed by atoms with van der Waals surface area (Å²) in [5, 5.41) is 14.9. The summed E-state index contributed by atoms with van der Waals surface area (Å²) in [6.45, 7) is 4.05. The summed E-state index contributed by atoms with van der Waals surface area (Å²) in [5.74, 6) is 11.4. The van der Waals surface area contributed by atoms with Gasteiger partial charge >= 0.3 is 0 Å². The zero-order valence-corrected chi connectivity index (χ0v) is 31.0. The molecule has 3 heterocycles. The van der Waals surface area contributed by atoms with Crippen molar-refractivity contribution in [2.45, 2.75) is 165 Å². The van der Waals surface area contributed by atoms with Gasteiger partial charge in [0, 0.05) is 24.0 Å². The van der Waals surface area contributed by atoms with Crippen LogP contribution < -0.4 is 16.8 Å². The maximum absolute atomic E-state index is 11.1. The molecule has 0 aromatic heterocycles. The van der Waals surface area contributed by atoms with Crippen LogP contribution in [0.3, 0.4) is 0 Å². The van der Waals surface area contributed by atoms with E-state index in [4.69, 9.17) is 16.2 Å². The van der Waals surface area contributed by atoms with Gasteiger partial charge in [-0.3, -0.25) is 0 Å². The molecule has 49 heavy (non-hydrogen) atoms. The SMILES string of the molecule is CC1(C2CCCCC2)OC23CC4(N)C(CO)CCC(C41)C2C1CCC2CCCC4C(C5CCC(N)NC5)C5CC6(CCCC6)CC3C5C1C24. The fourth-order valence-corrected chi connectivity index (χ4v) is 19.5. The lowest BCUT2D eigenvalue weighted by molar-refractivity contribution is -0.408. The third-order valence-corrected chi connectivity index (χ3v) is 20.4. The first-order chi connectivity index (χ1) is 23.8. The molecule has 9 aliphatic carbocycles. The van der Waals surface area contributed by atoms with Gasteiger partial charge in [0.1, 0.15) is 0 Å². The Morgan fingerprint density at radius 3 is 2.29 bits per heavy atom. The van der Waals surface area contributed by atoms with Gasteiger partial charge in [-0.05, 0) is 186 Å². The molecule has 4 bridgehead atoms. The number of nitrogens with two attached hydrogens (primary N) is 2. The molecule has 0 radical (unpaired) electrons. The molecule has 12 rings (SSSR count). The van der Waals surface area contributed by atoms with Gasteiger partial charge in [0.05, 0.1) is 17.4 Å². The second-order valence-corrected chi connectivity index (χ2v) is 21.6. The molecule has 0 aromatic rings. The summed E-state index contributed by atoms with van der Waals surface area (Å²) in [6.07, 6.45) is 29.3. The van der Waals surface area contributed by atoms with Crippen LogP contribution in [0.25, 0.3) is 0 Å². The Morgan fingerprint density at radius 2 is 1.51 bits per heavy atom. The predicted molar refractivity (Wildman–Crippen MR) is 194 cm³/mol. The van der Waals surface area contributed by atoms with Crippen molar-refractivity contribution >= 4 is 0 Å². The number of rotatable bonds is 3. The molecular weight excluding hydrogens is 603 g/mol. The molecule has 0 amide bonds. The van der Waals surface area contributed by atoms with Crippen molar-refractivity contribution in [2.75, 3.05) is 13.2 Å². The quantitative estimate of drug-likeness (QED) is 0.247. The maximum Gasteiger partial charge on any atom is 0.0772 e. The molecule has 274 valence electrons. The van der Waals surface area contributed by atoms with Crippen LogP contribution in [-0.4, -0.2) is 41.2 Å². The van der Waals surface area contributed by atoms with Gasteiger partial charge < -0.3 is 26.6 Å². The van der Waals surface area contributed by atoms with Crippen molar-refractivity contribution in [2.24, 2.45) is 106 Å². The maximum atomic E-state index is 11.1.